The molecule has 0 aliphatic carbocycles. The van der Waals surface area contributed by atoms with E-state index in [-0.39, 0.29) is 11.4 Å². The summed E-state index contributed by atoms with van der Waals surface area (Å²) in [5, 5.41) is 1.30. The summed E-state index contributed by atoms with van der Waals surface area (Å²) in [6.07, 6.45) is 3.48. The number of hydrogen-bond donors (Lipinski definition) is 0. The third-order valence-electron chi connectivity index (χ3n) is 4.29. The monoisotopic (exact) mass is 423 g/mol. The molecule has 0 N–H and O–H groups in total. The molecule has 0 aliphatic rings. The maximum Gasteiger partial charge on any atom is 0.262 e. The zero-order valence-corrected chi connectivity index (χ0v) is 17.1. The normalized spacial score (nSPS) is 11.1. The first-order valence-electron chi connectivity index (χ1n) is 9.10. The first kappa shape index (κ1) is 19.7. The molecule has 0 radical (unpaired) electrons. The van der Waals surface area contributed by atoms with Gasteiger partial charge in [0, 0.05) is 28.8 Å². The van der Waals surface area contributed by atoms with E-state index in [1.807, 2.05) is 36.4 Å². The van der Waals surface area contributed by atoms with E-state index in [0.29, 0.717) is 22.6 Å². The number of para-hydroxylation sites is 1. The molecular formula is C22H18FN3OS2. The topological polar surface area (TPSA) is 47.8 Å². The summed E-state index contributed by atoms with van der Waals surface area (Å²) in [4.78, 5) is 23.0. The van der Waals surface area contributed by atoms with Crippen molar-refractivity contribution < 1.29 is 4.39 Å². The second-order valence-electron chi connectivity index (χ2n) is 6.31. The second-order valence-corrected chi connectivity index (χ2v) is 8.55. The van der Waals surface area contributed by atoms with Crippen LogP contribution in [0.5, 0.6) is 0 Å². The third-order valence-corrected chi connectivity index (χ3v) is 6.54. The van der Waals surface area contributed by atoms with Gasteiger partial charge in [0.25, 0.3) is 5.56 Å². The van der Waals surface area contributed by atoms with Crippen LogP contribution in [0.25, 0.3) is 10.9 Å². The Hall–Kier alpha value is -2.64. The van der Waals surface area contributed by atoms with Crippen LogP contribution in [0.4, 0.5) is 4.39 Å². The first-order valence-corrected chi connectivity index (χ1v) is 11.1. The van der Waals surface area contributed by atoms with Crippen molar-refractivity contribution in [1.82, 2.24) is 14.5 Å². The number of benzene rings is 2. The molecule has 0 saturated heterocycles. The molecule has 0 unspecified atom stereocenters. The number of halogens is 1. The molecule has 4 aromatic rings. The molecule has 2 aromatic carbocycles. The average molecular weight is 424 g/mol. The minimum absolute atomic E-state index is 0.0480. The van der Waals surface area contributed by atoms with Gasteiger partial charge in [-0.1, -0.05) is 30.0 Å². The average Bonchev–Trinajstić information content (AvgIpc) is 2.76. The highest BCUT2D eigenvalue weighted by Crippen LogP contribution is 2.23. The van der Waals surface area contributed by atoms with Crippen LogP contribution in [-0.2, 0) is 6.54 Å². The van der Waals surface area contributed by atoms with Gasteiger partial charge in [-0.2, -0.15) is 0 Å². The summed E-state index contributed by atoms with van der Waals surface area (Å²) >= 11 is 3.21. The van der Waals surface area contributed by atoms with Gasteiger partial charge in [0.05, 0.1) is 17.4 Å². The molecule has 0 amide bonds. The van der Waals surface area contributed by atoms with E-state index >= 15 is 0 Å². The first-order chi connectivity index (χ1) is 14.2. The fourth-order valence-electron chi connectivity index (χ4n) is 2.89. The van der Waals surface area contributed by atoms with Gasteiger partial charge in [-0.3, -0.25) is 14.3 Å². The van der Waals surface area contributed by atoms with Crippen LogP contribution in [0.1, 0.15) is 5.56 Å². The zero-order chi connectivity index (χ0) is 20.1. The fourth-order valence-corrected chi connectivity index (χ4v) is 4.77. The molecule has 0 atom stereocenters. The molecule has 0 aliphatic heterocycles. The van der Waals surface area contributed by atoms with Crippen LogP contribution in [0, 0.1) is 5.82 Å². The Labute approximate surface area is 176 Å². The van der Waals surface area contributed by atoms with Crippen molar-refractivity contribution in [1.29, 1.82) is 0 Å². The molecule has 0 bridgehead atoms. The summed E-state index contributed by atoms with van der Waals surface area (Å²) in [6, 6.07) is 17.7. The van der Waals surface area contributed by atoms with Crippen molar-refractivity contribution in [3.05, 3.63) is 94.8 Å². The number of fused-ring (bicyclic) bond motifs is 1. The van der Waals surface area contributed by atoms with Gasteiger partial charge in [-0.05, 0) is 48.0 Å². The number of nitrogens with zero attached hydrogens (tertiary/aromatic N) is 3. The van der Waals surface area contributed by atoms with Gasteiger partial charge in [0.1, 0.15) is 5.82 Å². The second kappa shape index (κ2) is 9.24. The Kier molecular flexibility index (Phi) is 6.27. The van der Waals surface area contributed by atoms with Crippen LogP contribution >= 0.6 is 23.5 Å². The summed E-state index contributed by atoms with van der Waals surface area (Å²) in [6.45, 7) is 0.429. The molecule has 0 saturated carbocycles. The van der Waals surface area contributed by atoms with E-state index in [1.54, 1.807) is 52.6 Å². The highest BCUT2D eigenvalue weighted by atomic mass is 32.2. The predicted octanol–water partition coefficient (Wildman–Crippen LogP) is 4.86. The van der Waals surface area contributed by atoms with Crippen molar-refractivity contribution >= 4 is 34.4 Å². The lowest BCUT2D eigenvalue weighted by Crippen LogP contribution is -2.24. The smallest absolute Gasteiger partial charge is 0.262 e. The van der Waals surface area contributed by atoms with Crippen LogP contribution in [0.15, 0.2) is 87.9 Å². The van der Waals surface area contributed by atoms with E-state index in [0.717, 1.165) is 22.0 Å². The van der Waals surface area contributed by atoms with Crippen molar-refractivity contribution in [2.75, 3.05) is 11.5 Å². The largest absolute Gasteiger partial charge is 0.283 e. The van der Waals surface area contributed by atoms with Gasteiger partial charge < -0.3 is 0 Å². The van der Waals surface area contributed by atoms with E-state index in [9.17, 15) is 9.18 Å². The van der Waals surface area contributed by atoms with E-state index in [4.69, 9.17) is 4.98 Å². The lowest BCUT2D eigenvalue weighted by atomic mass is 10.2. The molecule has 0 spiro atoms. The van der Waals surface area contributed by atoms with E-state index in [1.165, 1.54) is 12.1 Å². The standard InChI is InChI=1S/C22H18FN3OS2/c23-17-7-9-18(10-8-17)28-12-13-29-22-25-20-6-2-1-5-19(20)21(27)26(22)15-16-4-3-11-24-14-16/h1-11,14H,12-13,15H2. The maximum absolute atomic E-state index is 13.1. The summed E-state index contributed by atoms with van der Waals surface area (Å²) in [5.41, 5.74) is 1.61. The third kappa shape index (κ3) is 4.86. The fraction of sp³-hybridized carbons (Fsp3) is 0.136. The molecule has 4 rings (SSSR count). The Morgan fingerprint density at radius 1 is 0.931 bits per heavy atom. The van der Waals surface area contributed by atoms with Gasteiger partial charge in [-0.15, -0.1) is 11.8 Å². The number of thioether (sulfide) groups is 2. The summed E-state index contributed by atoms with van der Waals surface area (Å²) in [5.74, 6) is 1.37. The van der Waals surface area contributed by atoms with Crippen LogP contribution in [0.3, 0.4) is 0 Å². The summed E-state index contributed by atoms with van der Waals surface area (Å²) in [7, 11) is 0. The Morgan fingerprint density at radius 2 is 1.72 bits per heavy atom. The van der Waals surface area contributed by atoms with Crippen LogP contribution in [0.2, 0.25) is 0 Å². The molecule has 29 heavy (non-hydrogen) atoms. The molecule has 146 valence electrons. The minimum Gasteiger partial charge on any atom is -0.283 e. The Bertz CT molecular complexity index is 1160. The number of rotatable bonds is 7. The number of aromatic nitrogens is 3. The Morgan fingerprint density at radius 3 is 2.52 bits per heavy atom. The number of pyridine rings is 1. The van der Waals surface area contributed by atoms with Crippen LogP contribution < -0.4 is 5.56 Å². The molecule has 2 aromatic heterocycles. The van der Waals surface area contributed by atoms with Gasteiger partial charge in [0.15, 0.2) is 5.16 Å². The minimum atomic E-state index is -0.233. The molecule has 7 heteroatoms. The molecule has 4 nitrogen and oxygen atoms in total. The number of hydrogen-bond acceptors (Lipinski definition) is 5. The molecule has 2 heterocycles. The quantitative estimate of drug-likeness (QED) is 0.241. The van der Waals surface area contributed by atoms with E-state index in [2.05, 4.69) is 4.98 Å². The van der Waals surface area contributed by atoms with E-state index < -0.39 is 0 Å². The zero-order valence-electron chi connectivity index (χ0n) is 15.5. The SMILES string of the molecule is O=c1c2ccccc2nc(SCCSc2ccc(F)cc2)n1Cc1cccnc1. The van der Waals surface area contributed by atoms with Crippen molar-refractivity contribution in [2.45, 2.75) is 16.6 Å². The van der Waals surface area contributed by atoms with Gasteiger partial charge >= 0.3 is 0 Å². The highest BCUT2D eigenvalue weighted by Gasteiger charge is 2.12. The maximum atomic E-state index is 13.1. The molecular weight excluding hydrogens is 405 g/mol. The van der Waals surface area contributed by atoms with Gasteiger partial charge in [0.2, 0.25) is 0 Å². The van der Waals surface area contributed by atoms with Gasteiger partial charge in [-0.25, -0.2) is 9.37 Å². The Balaban J connectivity index is 1.55. The van der Waals surface area contributed by atoms with Crippen molar-refractivity contribution in [3.63, 3.8) is 0 Å². The highest BCUT2D eigenvalue weighted by molar-refractivity contribution is 8.02. The van der Waals surface area contributed by atoms with Crippen molar-refractivity contribution in [2.24, 2.45) is 0 Å². The van der Waals surface area contributed by atoms with Crippen LogP contribution in [-0.4, -0.2) is 26.0 Å². The lowest BCUT2D eigenvalue weighted by Gasteiger charge is -2.13. The predicted molar refractivity (Wildman–Crippen MR) is 117 cm³/mol. The summed E-state index contributed by atoms with van der Waals surface area (Å²) < 4.78 is 14.7. The molecule has 0 fully saturated rings. The van der Waals surface area contributed by atoms with Crippen molar-refractivity contribution in [3.8, 4) is 0 Å². The lowest BCUT2D eigenvalue weighted by molar-refractivity contribution is 0.626.